The summed E-state index contributed by atoms with van der Waals surface area (Å²) in [6.45, 7) is 11.1. The summed E-state index contributed by atoms with van der Waals surface area (Å²) in [5.41, 5.74) is 7.09. The number of nitrogens with zero attached hydrogens (tertiary/aromatic N) is 2. The van der Waals surface area contributed by atoms with E-state index in [0.717, 1.165) is 12.8 Å². The lowest BCUT2D eigenvalue weighted by atomic mass is 9.43. The number of hydrogen-bond acceptors (Lipinski definition) is 8. The van der Waals surface area contributed by atoms with E-state index < -0.39 is 29.7 Å². The van der Waals surface area contributed by atoms with Gasteiger partial charge in [0.2, 0.25) is 5.91 Å². The molecule has 2 heterocycles. The van der Waals surface area contributed by atoms with Gasteiger partial charge in [-0.3, -0.25) is 9.59 Å². The molecule has 6 atom stereocenters. The number of rotatable bonds is 12. The zero-order chi connectivity index (χ0) is 29.2. The third-order valence-electron chi connectivity index (χ3n) is 8.86. The highest BCUT2D eigenvalue weighted by atomic mass is 32.1. The first kappa shape index (κ1) is 30.3. The fraction of sp³-hybridized carbons (Fsp3) is 0.731. The molecule has 4 fully saturated rings. The van der Waals surface area contributed by atoms with Crippen molar-refractivity contribution in [3.05, 3.63) is 32.5 Å². The Kier molecular flexibility index (Phi) is 9.10. The van der Waals surface area contributed by atoms with Gasteiger partial charge in [0, 0.05) is 6.54 Å². The Hall–Kier alpha value is -2.71. The smallest absolute Gasteiger partial charge is 0.404 e. The van der Waals surface area contributed by atoms with E-state index in [1.807, 2.05) is 0 Å². The van der Waals surface area contributed by atoms with Gasteiger partial charge in [0.05, 0.1) is 22.5 Å². The number of hydrogen-bond donors (Lipinski definition) is 4. The molecule has 1 aromatic rings. The molecule has 5 N–H and O–H groups in total. The van der Waals surface area contributed by atoms with Gasteiger partial charge in [0.15, 0.2) is 5.03 Å². The van der Waals surface area contributed by atoms with Crippen LogP contribution in [0.4, 0.5) is 0 Å². The van der Waals surface area contributed by atoms with Crippen LogP contribution in [0.2, 0.25) is 0 Å². The zero-order valence-corrected chi connectivity index (χ0v) is 24.7. The first-order valence-corrected chi connectivity index (χ1v) is 14.9. The number of nitrogens with one attached hydrogen (secondary N) is 3. The van der Waals surface area contributed by atoms with E-state index in [9.17, 15) is 19.7 Å². The van der Waals surface area contributed by atoms with Crippen LogP contribution in [-0.4, -0.2) is 60.2 Å². The average Bonchev–Trinajstić information content (AvgIpc) is 3.52. The highest BCUT2D eigenvalue weighted by molar-refractivity contribution is 7.12. The van der Waals surface area contributed by atoms with E-state index in [0.29, 0.717) is 29.6 Å². The molecule has 14 heteroatoms. The number of aliphatic imine (C=N–C) groups is 1. The average molecular weight is 577 g/mol. The first-order chi connectivity index (χ1) is 18.8. The van der Waals surface area contributed by atoms with Crippen LogP contribution in [0.5, 0.6) is 0 Å². The third kappa shape index (κ3) is 6.44. The summed E-state index contributed by atoms with van der Waals surface area (Å²) in [5.74, 6) is -0.115. The second-order valence-electron chi connectivity index (χ2n) is 12.4. The van der Waals surface area contributed by atoms with E-state index in [1.54, 1.807) is 22.9 Å². The molecule has 0 aromatic carbocycles. The van der Waals surface area contributed by atoms with Crippen molar-refractivity contribution in [2.45, 2.75) is 90.4 Å². The molecule has 3 saturated carbocycles. The number of carbonyl (C=O) groups excluding carboxylic acids is 2. The zero-order valence-electron chi connectivity index (χ0n) is 23.8. The number of thiophene rings is 1. The Balaban J connectivity index is 1.45. The fourth-order valence-corrected chi connectivity index (χ4v) is 7.26. The fourth-order valence-electron chi connectivity index (χ4n) is 6.63. The van der Waals surface area contributed by atoms with Crippen molar-refractivity contribution in [3.63, 3.8) is 0 Å². The van der Waals surface area contributed by atoms with Crippen LogP contribution in [0.1, 0.15) is 76.4 Å². The number of nitro groups is 1. The van der Waals surface area contributed by atoms with Crippen molar-refractivity contribution in [1.82, 2.24) is 16.1 Å². The van der Waals surface area contributed by atoms with Crippen molar-refractivity contribution in [3.8, 4) is 0 Å². The number of amides is 2. The minimum Gasteiger partial charge on any atom is -0.404 e. The standard InChI is InChI=1S/C26H41BN6O6S/c1-15(2)12-21(27-38-20-14-16-13-19(25(16,3)4)26(20,5)39-27)31-22(34)17(30-23(35)18-9-7-11-40-18)8-6-10-29-24(28)32-33(36)37/h7,9,11,15-17,19-21H,6,8,10,12-14H2,1-5H3,(H,30,35)(H,31,34)(H3,28,29,32)/t16-,17+,19-,20-,21+,26+/m1/s1. The molecule has 2 bridgehead atoms. The van der Waals surface area contributed by atoms with Crippen LogP contribution in [0.3, 0.4) is 0 Å². The molecule has 5 rings (SSSR count). The molecule has 0 unspecified atom stereocenters. The second kappa shape index (κ2) is 12.0. The normalized spacial score (nSPS) is 28.3. The van der Waals surface area contributed by atoms with Gasteiger partial charge in [-0.1, -0.05) is 39.2 Å². The molecule has 0 radical (unpaired) electrons. The van der Waals surface area contributed by atoms with Gasteiger partial charge >= 0.3 is 7.12 Å². The molecule has 1 aliphatic heterocycles. The number of nitrogens with two attached hydrogens (primary N) is 1. The molecule has 220 valence electrons. The summed E-state index contributed by atoms with van der Waals surface area (Å²) in [6, 6.07) is 2.61. The van der Waals surface area contributed by atoms with Crippen molar-refractivity contribution in [2.24, 2.45) is 33.9 Å². The minimum absolute atomic E-state index is 0.00809. The second-order valence-corrected chi connectivity index (χ2v) is 13.3. The molecule has 1 saturated heterocycles. The minimum atomic E-state index is -0.852. The predicted molar refractivity (Wildman–Crippen MR) is 153 cm³/mol. The van der Waals surface area contributed by atoms with Gasteiger partial charge in [-0.15, -0.1) is 11.3 Å². The topological polar surface area (TPSA) is 170 Å². The van der Waals surface area contributed by atoms with E-state index in [1.165, 1.54) is 11.3 Å². The Bertz CT molecular complexity index is 1120. The van der Waals surface area contributed by atoms with Gasteiger partial charge < -0.3 is 25.7 Å². The lowest BCUT2D eigenvalue weighted by molar-refractivity contribution is -0.525. The molecule has 1 aromatic heterocycles. The van der Waals surface area contributed by atoms with Gasteiger partial charge in [0.25, 0.3) is 11.9 Å². The maximum atomic E-state index is 13.6. The van der Waals surface area contributed by atoms with Gasteiger partial charge in [-0.2, -0.15) is 0 Å². The van der Waals surface area contributed by atoms with Crippen LogP contribution in [0.25, 0.3) is 0 Å². The molecule has 12 nitrogen and oxygen atoms in total. The van der Waals surface area contributed by atoms with Crippen LogP contribution in [0, 0.1) is 33.3 Å². The summed E-state index contributed by atoms with van der Waals surface area (Å²) < 4.78 is 13.1. The Labute approximate surface area is 239 Å². The van der Waals surface area contributed by atoms with Crippen molar-refractivity contribution in [1.29, 1.82) is 0 Å². The highest BCUT2D eigenvalue weighted by Crippen LogP contribution is 2.65. The van der Waals surface area contributed by atoms with Gasteiger partial charge in [0.1, 0.15) is 6.04 Å². The molecule has 40 heavy (non-hydrogen) atoms. The number of guanidine groups is 1. The Morgan fingerprint density at radius 1 is 1.30 bits per heavy atom. The molecule has 0 spiro atoms. The molecular weight excluding hydrogens is 535 g/mol. The third-order valence-corrected chi connectivity index (χ3v) is 9.72. The summed E-state index contributed by atoms with van der Waals surface area (Å²) in [7, 11) is -0.581. The van der Waals surface area contributed by atoms with E-state index >= 15 is 0 Å². The molecule has 3 aliphatic carbocycles. The van der Waals surface area contributed by atoms with Crippen molar-refractivity contribution >= 4 is 36.2 Å². The quantitative estimate of drug-likeness (QED) is 0.0735. The lowest BCUT2D eigenvalue weighted by Crippen LogP contribution is -2.65. The monoisotopic (exact) mass is 576 g/mol. The predicted octanol–water partition coefficient (Wildman–Crippen LogP) is 2.52. The molecule has 2 amide bonds. The Morgan fingerprint density at radius 2 is 2.05 bits per heavy atom. The van der Waals surface area contributed by atoms with Crippen molar-refractivity contribution < 1.29 is 23.9 Å². The van der Waals surface area contributed by atoms with Crippen LogP contribution in [-0.2, 0) is 14.1 Å². The van der Waals surface area contributed by atoms with Crippen LogP contribution in [0.15, 0.2) is 22.5 Å². The summed E-state index contributed by atoms with van der Waals surface area (Å²) in [4.78, 5) is 41.4. The highest BCUT2D eigenvalue weighted by Gasteiger charge is 2.68. The number of carbonyl (C=O) groups is 2. The summed E-state index contributed by atoms with van der Waals surface area (Å²) >= 11 is 1.29. The maximum absolute atomic E-state index is 13.6. The van der Waals surface area contributed by atoms with E-state index in [-0.39, 0.29) is 48.2 Å². The number of hydrazine groups is 1. The van der Waals surface area contributed by atoms with Crippen LogP contribution < -0.4 is 21.8 Å². The van der Waals surface area contributed by atoms with E-state index in [2.05, 4.69) is 50.2 Å². The first-order valence-electron chi connectivity index (χ1n) is 14.0. The van der Waals surface area contributed by atoms with E-state index in [4.69, 9.17) is 15.0 Å². The summed E-state index contributed by atoms with van der Waals surface area (Å²) in [5, 5.41) is 17.5. The lowest BCUT2D eigenvalue weighted by Gasteiger charge is -2.64. The van der Waals surface area contributed by atoms with Crippen LogP contribution >= 0.6 is 11.3 Å². The largest absolute Gasteiger partial charge is 0.481 e. The molecule has 4 aliphatic rings. The van der Waals surface area contributed by atoms with Crippen molar-refractivity contribution in [2.75, 3.05) is 6.54 Å². The van der Waals surface area contributed by atoms with Gasteiger partial charge in [-0.05, 0) is 73.6 Å². The molecular formula is C26H41BN6O6S. The SMILES string of the molecule is CC(C)C[C@H](NC(=O)[C@H](CCCN=C(N)N[N+](=O)[O-])NC(=O)c1cccs1)B1O[C@@H]2C[C@H]3C[C@H](C3(C)C)[C@]2(C)O1. The Morgan fingerprint density at radius 3 is 2.67 bits per heavy atom. The van der Waals surface area contributed by atoms with Gasteiger partial charge in [-0.25, -0.2) is 15.1 Å². The summed E-state index contributed by atoms with van der Waals surface area (Å²) in [6.07, 6.45) is 3.36. The maximum Gasteiger partial charge on any atom is 0.481 e.